The van der Waals surface area contributed by atoms with E-state index in [1.54, 1.807) is 30.3 Å². The lowest BCUT2D eigenvalue weighted by molar-refractivity contribution is 0.0831. The Morgan fingerprint density at radius 2 is 1.81 bits per heavy atom. The Labute approximate surface area is 270 Å². The van der Waals surface area contributed by atoms with Gasteiger partial charge >= 0.3 is 0 Å². The summed E-state index contributed by atoms with van der Waals surface area (Å²) in [5.41, 5.74) is 3.35. The molecule has 2 atom stereocenters. The number of rotatable bonds is 13. The van der Waals surface area contributed by atoms with E-state index in [2.05, 4.69) is 16.0 Å². The highest BCUT2D eigenvalue weighted by molar-refractivity contribution is 7.92. The molecule has 1 saturated heterocycles. The van der Waals surface area contributed by atoms with E-state index in [4.69, 9.17) is 23.2 Å². The van der Waals surface area contributed by atoms with Crippen molar-refractivity contribution >= 4 is 62.9 Å². The third-order valence-electron chi connectivity index (χ3n) is 7.22. The number of anilines is 2. The van der Waals surface area contributed by atoms with E-state index in [1.165, 1.54) is 4.31 Å². The van der Waals surface area contributed by atoms with Gasteiger partial charge in [-0.15, -0.1) is 12.4 Å². The molecule has 12 heteroatoms. The van der Waals surface area contributed by atoms with Crippen LogP contribution in [-0.4, -0.2) is 63.5 Å². The van der Waals surface area contributed by atoms with Crippen LogP contribution in [0.4, 0.5) is 11.4 Å². The number of nitrogens with zero attached hydrogens (tertiary/aromatic N) is 1. The number of halogens is 3. The van der Waals surface area contributed by atoms with Crippen LogP contribution in [0.1, 0.15) is 41.3 Å². The number of carbonyl (C=O) groups excluding carboxylic acids is 1. The van der Waals surface area contributed by atoms with Crippen LogP contribution in [0.2, 0.25) is 10.0 Å². The van der Waals surface area contributed by atoms with Crippen molar-refractivity contribution in [1.29, 1.82) is 0 Å². The van der Waals surface area contributed by atoms with Crippen molar-refractivity contribution < 1.29 is 18.3 Å². The van der Waals surface area contributed by atoms with Gasteiger partial charge in [-0.05, 0) is 80.6 Å². The van der Waals surface area contributed by atoms with Gasteiger partial charge in [0.2, 0.25) is 10.0 Å². The maximum absolute atomic E-state index is 13.6. The highest BCUT2D eigenvalue weighted by atomic mass is 35.5. The predicted molar refractivity (Wildman–Crippen MR) is 179 cm³/mol. The highest BCUT2D eigenvalue weighted by Gasteiger charge is 2.28. The fourth-order valence-electron chi connectivity index (χ4n) is 5.01. The molecule has 0 unspecified atom stereocenters. The number of benzene rings is 3. The molecular formula is C31H39Cl3N4O4S. The van der Waals surface area contributed by atoms with Gasteiger partial charge in [0.1, 0.15) is 0 Å². The van der Waals surface area contributed by atoms with Crippen molar-refractivity contribution in [3.8, 4) is 0 Å². The molecule has 0 aliphatic carbocycles. The van der Waals surface area contributed by atoms with Gasteiger partial charge in [-0.25, -0.2) is 8.42 Å². The first kappa shape index (κ1) is 35.0. The molecule has 1 aliphatic heterocycles. The second kappa shape index (κ2) is 16.5. The molecule has 1 heterocycles. The molecule has 8 nitrogen and oxygen atoms in total. The van der Waals surface area contributed by atoms with Crippen LogP contribution in [-0.2, 0) is 22.9 Å². The number of sulfonamides is 1. The first-order chi connectivity index (χ1) is 20.2. The fourth-order valence-corrected chi connectivity index (χ4v) is 7.14. The SMILES string of the molecule is CCNc1cc(C(=O)N[C@@H](Cc2ccccc2)[C@H](O)CNCCc2ccc(Cl)cc2Cl)cc(N2CCCCS2(=O)=O)c1.Cl. The molecule has 234 valence electrons. The minimum absolute atomic E-state index is 0. The minimum atomic E-state index is -3.46. The summed E-state index contributed by atoms with van der Waals surface area (Å²) in [7, 11) is -3.46. The summed E-state index contributed by atoms with van der Waals surface area (Å²) < 4.78 is 27.0. The van der Waals surface area contributed by atoms with Gasteiger partial charge < -0.3 is 21.1 Å². The van der Waals surface area contributed by atoms with Crippen LogP contribution in [0.15, 0.2) is 66.7 Å². The normalized spacial score (nSPS) is 15.7. The van der Waals surface area contributed by atoms with E-state index >= 15 is 0 Å². The Morgan fingerprint density at radius 3 is 2.51 bits per heavy atom. The molecule has 4 N–H and O–H groups in total. The summed E-state index contributed by atoms with van der Waals surface area (Å²) in [5, 5.41) is 21.9. The Bertz CT molecular complexity index is 1460. The zero-order valence-electron chi connectivity index (χ0n) is 24.1. The van der Waals surface area contributed by atoms with E-state index < -0.39 is 28.1 Å². The van der Waals surface area contributed by atoms with Crippen molar-refractivity contribution in [1.82, 2.24) is 10.6 Å². The number of aliphatic hydroxyl groups excluding tert-OH is 1. The van der Waals surface area contributed by atoms with Gasteiger partial charge in [-0.1, -0.05) is 59.6 Å². The van der Waals surface area contributed by atoms with E-state index in [9.17, 15) is 18.3 Å². The maximum atomic E-state index is 13.6. The molecule has 3 aromatic rings. The fraction of sp³-hybridized carbons (Fsp3) is 0.387. The second-order valence-corrected chi connectivity index (χ2v) is 13.3. The molecule has 1 amide bonds. The summed E-state index contributed by atoms with van der Waals surface area (Å²) in [6, 6.07) is 19.5. The monoisotopic (exact) mass is 668 g/mol. The smallest absolute Gasteiger partial charge is 0.251 e. The average Bonchev–Trinajstić information content (AvgIpc) is 2.96. The predicted octanol–water partition coefficient (Wildman–Crippen LogP) is 5.31. The van der Waals surface area contributed by atoms with Crippen molar-refractivity contribution in [3.05, 3.63) is 93.5 Å². The van der Waals surface area contributed by atoms with Crippen molar-refractivity contribution in [3.63, 3.8) is 0 Å². The lowest BCUT2D eigenvalue weighted by atomic mass is 10.00. The molecule has 0 saturated carbocycles. The average molecular weight is 670 g/mol. The molecule has 1 aliphatic rings. The Hall–Kier alpha value is -2.53. The topological polar surface area (TPSA) is 111 Å². The summed E-state index contributed by atoms with van der Waals surface area (Å²) in [5.74, 6) is -0.305. The van der Waals surface area contributed by atoms with Crippen molar-refractivity contribution in [2.24, 2.45) is 0 Å². The number of carbonyl (C=O) groups is 1. The number of hydrogen-bond donors (Lipinski definition) is 4. The third kappa shape index (κ3) is 9.99. The van der Waals surface area contributed by atoms with Crippen LogP contribution < -0.4 is 20.3 Å². The number of aliphatic hydroxyl groups is 1. The Kier molecular flexibility index (Phi) is 13.4. The second-order valence-electron chi connectivity index (χ2n) is 10.4. The van der Waals surface area contributed by atoms with Crippen LogP contribution in [0.25, 0.3) is 0 Å². The number of nitrogens with one attached hydrogen (secondary N) is 3. The van der Waals surface area contributed by atoms with E-state index in [0.29, 0.717) is 65.9 Å². The molecule has 1 fully saturated rings. The molecule has 4 rings (SSSR count). The van der Waals surface area contributed by atoms with E-state index in [-0.39, 0.29) is 24.7 Å². The van der Waals surface area contributed by atoms with Gasteiger partial charge in [0.25, 0.3) is 5.91 Å². The lowest BCUT2D eigenvalue weighted by Crippen LogP contribution is -2.49. The van der Waals surface area contributed by atoms with Crippen LogP contribution in [0.5, 0.6) is 0 Å². The molecular weight excluding hydrogens is 631 g/mol. The van der Waals surface area contributed by atoms with Gasteiger partial charge in [-0.2, -0.15) is 0 Å². The maximum Gasteiger partial charge on any atom is 0.251 e. The minimum Gasteiger partial charge on any atom is -0.390 e. The molecule has 0 bridgehead atoms. The summed E-state index contributed by atoms with van der Waals surface area (Å²) in [6.45, 7) is 3.74. The lowest BCUT2D eigenvalue weighted by Gasteiger charge is -2.29. The quantitative estimate of drug-likeness (QED) is 0.184. The van der Waals surface area contributed by atoms with Gasteiger partial charge in [-0.3, -0.25) is 9.10 Å². The van der Waals surface area contributed by atoms with Crippen molar-refractivity contribution in [2.75, 3.05) is 41.6 Å². The summed E-state index contributed by atoms with van der Waals surface area (Å²) in [6.07, 6.45) is 1.55. The first-order valence-corrected chi connectivity index (χ1v) is 16.6. The molecule has 43 heavy (non-hydrogen) atoms. The first-order valence-electron chi connectivity index (χ1n) is 14.2. The zero-order chi connectivity index (χ0) is 30.1. The molecule has 0 radical (unpaired) electrons. The highest BCUT2D eigenvalue weighted by Crippen LogP contribution is 2.28. The molecule has 0 aromatic heterocycles. The Balaban J connectivity index is 0.00000506. The van der Waals surface area contributed by atoms with Crippen molar-refractivity contribution in [2.45, 2.75) is 44.8 Å². The summed E-state index contributed by atoms with van der Waals surface area (Å²) >= 11 is 12.3. The van der Waals surface area contributed by atoms with Crippen LogP contribution >= 0.6 is 35.6 Å². The number of hydrogen-bond acceptors (Lipinski definition) is 6. The van der Waals surface area contributed by atoms with E-state index in [1.807, 2.05) is 43.3 Å². The third-order valence-corrected chi connectivity index (χ3v) is 9.67. The van der Waals surface area contributed by atoms with Gasteiger partial charge in [0, 0.05) is 40.9 Å². The molecule has 0 spiro atoms. The summed E-state index contributed by atoms with van der Waals surface area (Å²) in [4.78, 5) is 13.6. The molecule has 3 aromatic carbocycles. The van der Waals surface area contributed by atoms with Crippen LogP contribution in [0.3, 0.4) is 0 Å². The van der Waals surface area contributed by atoms with Gasteiger partial charge in [0.15, 0.2) is 0 Å². The van der Waals surface area contributed by atoms with Crippen LogP contribution in [0, 0.1) is 0 Å². The largest absolute Gasteiger partial charge is 0.390 e. The number of amides is 1. The zero-order valence-corrected chi connectivity index (χ0v) is 27.2. The Morgan fingerprint density at radius 1 is 1.05 bits per heavy atom. The van der Waals surface area contributed by atoms with E-state index in [0.717, 1.165) is 17.5 Å². The standard InChI is InChI=1S/C31H38Cl2N4O4S.ClH/c1-2-35-26-17-24(18-27(20-26)37-14-6-7-15-42(37,40)41)31(39)36-29(16-22-8-4-3-5-9-22)30(38)21-34-13-12-23-10-11-25(32)19-28(23)33;/h3-5,8-11,17-20,29-30,34-35,38H,2,6-7,12-16,21H2,1H3,(H,36,39);1H/t29-,30+;/m0./s1. The van der Waals surface area contributed by atoms with Gasteiger partial charge in [0.05, 0.1) is 23.6 Å².